The highest BCUT2D eigenvalue weighted by atomic mass is 16.2. The average molecular weight is 803 g/mol. The van der Waals surface area contributed by atoms with Crippen LogP contribution in [0.3, 0.4) is 0 Å². The number of nitrogens with one attached hydrogen (secondary N) is 4. The van der Waals surface area contributed by atoms with Crippen molar-refractivity contribution in [2.24, 2.45) is 22.9 Å². The highest BCUT2D eigenvalue weighted by Gasteiger charge is 2.39. The molecule has 4 rings (SSSR count). The Kier molecular flexibility index (Phi) is 18.8. The zero-order valence-electron chi connectivity index (χ0n) is 33.4. The number of nitrogens with two attached hydrogens (primary N) is 4. The molecule has 2 aromatic carbocycles. The van der Waals surface area contributed by atoms with Crippen molar-refractivity contribution < 1.29 is 28.8 Å². The molecule has 0 spiro atoms. The number of carbonyl (C=O) groups excluding carboxylic acids is 6. The summed E-state index contributed by atoms with van der Waals surface area (Å²) in [6.45, 7) is 2.33. The number of amides is 6. The molecule has 2 heterocycles. The Balaban J connectivity index is 1.29. The van der Waals surface area contributed by atoms with E-state index in [1.807, 2.05) is 60.7 Å². The Morgan fingerprint density at radius 3 is 1.36 bits per heavy atom. The summed E-state index contributed by atoms with van der Waals surface area (Å²) in [5, 5.41) is 11.4. The summed E-state index contributed by atoms with van der Waals surface area (Å²) in [6, 6.07) is 13.6. The van der Waals surface area contributed by atoms with E-state index in [1.54, 1.807) is 12.2 Å². The lowest BCUT2D eigenvalue weighted by atomic mass is 10.0. The normalized spacial score (nSPS) is 18.6. The highest BCUT2D eigenvalue weighted by molar-refractivity contribution is 5.94. The van der Waals surface area contributed by atoms with E-state index in [2.05, 4.69) is 21.3 Å². The number of benzene rings is 2. The van der Waals surface area contributed by atoms with Crippen molar-refractivity contribution in [2.75, 3.05) is 39.3 Å². The molecule has 2 saturated heterocycles. The third-order valence-corrected chi connectivity index (χ3v) is 10.4. The second-order valence-electron chi connectivity index (χ2n) is 14.9. The van der Waals surface area contributed by atoms with Gasteiger partial charge in [-0.2, -0.15) is 0 Å². The molecule has 0 aromatic heterocycles. The van der Waals surface area contributed by atoms with Gasteiger partial charge in [-0.05, 0) is 75.6 Å². The first-order valence-corrected chi connectivity index (χ1v) is 20.4. The van der Waals surface area contributed by atoms with Gasteiger partial charge in [0.05, 0.1) is 12.1 Å². The molecule has 12 N–H and O–H groups in total. The maximum atomic E-state index is 13.5. The minimum Gasteiger partial charge on any atom is -0.354 e. The van der Waals surface area contributed by atoms with Gasteiger partial charge in [0, 0.05) is 39.0 Å². The van der Waals surface area contributed by atoms with E-state index in [9.17, 15) is 28.8 Å². The van der Waals surface area contributed by atoms with Gasteiger partial charge in [0.2, 0.25) is 35.4 Å². The predicted octanol–water partition coefficient (Wildman–Crippen LogP) is -0.656. The fourth-order valence-corrected chi connectivity index (χ4v) is 7.25. The van der Waals surface area contributed by atoms with Crippen molar-refractivity contribution >= 4 is 35.4 Å². The van der Waals surface area contributed by atoms with Crippen LogP contribution >= 0.6 is 0 Å². The van der Waals surface area contributed by atoms with Crippen molar-refractivity contribution in [3.05, 3.63) is 83.9 Å². The second kappa shape index (κ2) is 23.9. The van der Waals surface area contributed by atoms with E-state index in [-0.39, 0.29) is 49.3 Å². The molecule has 2 fully saturated rings. The Morgan fingerprint density at radius 1 is 0.621 bits per heavy atom. The molecule has 0 saturated carbocycles. The Bertz CT molecular complexity index is 1560. The van der Waals surface area contributed by atoms with Gasteiger partial charge < -0.3 is 54.0 Å². The molecule has 316 valence electrons. The first kappa shape index (κ1) is 45.5. The number of nitrogens with zero attached hydrogens (tertiary/aromatic N) is 2. The third kappa shape index (κ3) is 13.7. The lowest BCUT2D eigenvalue weighted by molar-refractivity contribution is -0.140. The van der Waals surface area contributed by atoms with Crippen LogP contribution in [-0.2, 0) is 41.6 Å². The fraction of sp³-hybridized carbons (Fsp3) is 0.524. The summed E-state index contributed by atoms with van der Waals surface area (Å²) in [4.78, 5) is 83.1. The van der Waals surface area contributed by atoms with Gasteiger partial charge >= 0.3 is 0 Å². The minimum absolute atomic E-state index is 0.148. The van der Waals surface area contributed by atoms with Crippen molar-refractivity contribution in [1.29, 1.82) is 0 Å². The number of hydrogen-bond acceptors (Lipinski definition) is 10. The van der Waals surface area contributed by atoms with Crippen LogP contribution in [0.2, 0.25) is 0 Å². The smallest absolute Gasteiger partial charge is 0.243 e. The SMILES string of the molecule is NCCCNC(=O)[C@H](Cc1ccccc1)NC(=O)[C@@H]1CCCN1C(=O)[C@@H](N)C/C=C\C[C@H](N)C(=O)N1CCC[C@H]1C(=O)N[C@@H](Cc1ccccc1)C(=O)NCCCN. The number of rotatable bonds is 22. The summed E-state index contributed by atoms with van der Waals surface area (Å²) < 4.78 is 0. The lowest BCUT2D eigenvalue weighted by Gasteiger charge is -2.28. The summed E-state index contributed by atoms with van der Waals surface area (Å²) >= 11 is 0. The van der Waals surface area contributed by atoms with Crippen LogP contribution in [-0.4, -0.2) is 121 Å². The molecule has 0 bridgehead atoms. The highest BCUT2D eigenvalue weighted by Crippen LogP contribution is 2.21. The molecule has 16 nitrogen and oxygen atoms in total. The third-order valence-electron chi connectivity index (χ3n) is 10.4. The molecule has 2 aliphatic heterocycles. The van der Waals surface area contributed by atoms with Crippen LogP contribution in [0.25, 0.3) is 0 Å². The number of carbonyl (C=O) groups is 6. The van der Waals surface area contributed by atoms with Crippen molar-refractivity contribution in [3.63, 3.8) is 0 Å². The van der Waals surface area contributed by atoms with Gasteiger partial charge in [-0.3, -0.25) is 28.8 Å². The van der Waals surface area contributed by atoms with Gasteiger partial charge in [-0.1, -0.05) is 72.8 Å². The number of likely N-dealkylation sites (tertiary alicyclic amines) is 2. The Hall–Kier alpha value is -5.16. The van der Waals surface area contributed by atoms with E-state index < -0.39 is 48.1 Å². The summed E-state index contributed by atoms with van der Waals surface area (Å²) in [5.41, 5.74) is 25.5. The molecule has 0 unspecified atom stereocenters. The van der Waals surface area contributed by atoms with Crippen LogP contribution in [0.1, 0.15) is 62.5 Å². The van der Waals surface area contributed by atoms with Crippen molar-refractivity contribution in [1.82, 2.24) is 31.1 Å². The summed E-state index contributed by atoms with van der Waals surface area (Å²) in [6.07, 6.45) is 7.55. The van der Waals surface area contributed by atoms with E-state index in [0.29, 0.717) is 77.8 Å². The van der Waals surface area contributed by atoms with E-state index in [1.165, 1.54) is 9.80 Å². The van der Waals surface area contributed by atoms with Crippen LogP contribution in [0.5, 0.6) is 0 Å². The van der Waals surface area contributed by atoms with Crippen molar-refractivity contribution in [2.45, 2.75) is 100 Å². The zero-order chi connectivity index (χ0) is 41.9. The molecule has 6 atom stereocenters. The molecule has 6 amide bonds. The van der Waals surface area contributed by atoms with Crippen LogP contribution in [0, 0.1) is 0 Å². The molecule has 0 aliphatic carbocycles. The molecular formula is C42H62N10O6. The van der Waals surface area contributed by atoms with Gasteiger partial charge in [0.1, 0.15) is 24.2 Å². The first-order chi connectivity index (χ1) is 28.0. The van der Waals surface area contributed by atoms with Crippen LogP contribution < -0.4 is 44.2 Å². The summed E-state index contributed by atoms with van der Waals surface area (Å²) in [5.74, 6) is -2.26. The monoisotopic (exact) mass is 802 g/mol. The van der Waals surface area contributed by atoms with E-state index >= 15 is 0 Å². The van der Waals surface area contributed by atoms with Gasteiger partial charge in [-0.15, -0.1) is 0 Å². The standard InChI is InChI=1S/C42H62N10O6/c43-21-11-23-47-37(53)33(27-29-13-3-1-4-14-29)49-39(55)35-19-9-25-51(35)41(57)31(45)17-7-8-18-32(46)42(58)52-26-10-20-36(52)40(56)50-34(38(54)48-24-12-22-44)28-30-15-5-2-6-16-30/h1-8,13-16,31-36H,9-12,17-28,43-46H2,(H,47,53)(H,48,54)(H,49,55)(H,50,56)/b8-7-/t31-,32-,33-,34-,35-,36-/m0/s1. The van der Waals surface area contributed by atoms with E-state index in [4.69, 9.17) is 22.9 Å². The Morgan fingerprint density at radius 2 is 1.00 bits per heavy atom. The first-order valence-electron chi connectivity index (χ1n) is 20.4. The molecule has 2 aliphatic rings. The number of hydrogen-bond donors (Lipinski definition) is 8. The molecule has 58 heavy (non-hydrogen) atoms. The summed E-state index contributed by atoms with van der Waals surface area (Å²) in [7, 11) is 0. The largest absolute Gasteiger partial charge is 0.354 e. The topological polar surface area (TPSA) is 261 Å². The van der Waals surface area contributed by atoms with Crippen molar-refractivity contribution in [3.8, 4) is 0 Å². The average Bonchev–Trinajstić information content (AvgIpc) is 3.93. The maximum absolute atomic E-state index is 13.5. The molecule has 0 radical (unpaired) electrons. The van der Waals surface area contributed by atoms with Gasteiger partial charge in [0.15, 0.2) is 0 Å². The van der Waals surface area contributed by atoms with Gasteiger partial charge in [-0.25, -0.2) is 0 Å². The molecular weight excluding hydrogens is 741 g/mol. The minimum atomic E-state index is -0.945. The second-order valence-corrected chi connectivity index (χ2v) is 14.9. The lowest BCUT2D eigenvalue weighted by Crippen LogP contribution is -2.55. The fourth-order valence-electron chi connectivity index (χ4n) is 7.25. The van der Waals surface area contributed by atoms with Crippen LogP contribution in [0.4, 0.5) is 0 Å². The van der Waals surface area contributed by atoms with E-state index in [0.717, 1.165) is 11.1 Å². The Labute approximate surface area is 341 Å². The molecule has 16 heteroatoms. The van der Waals surface area contributed by atoms with Crippen LogP contribution in [0.15, 0.2) is 72.8 Å². The predicted molar refractivity (Wildman–Crippen MR) is 221 cm³/mol. The quantitative estimate of drug-likeness (QED) is 0.0551. The zero-order valence-corrected chi connectivity index (χ0v) is 33.4. The molecule has 2 aromatic rings. The van der Waals surface area contributed by atoms with Gasteiger partial charge in [0.25, 0.3) is 0 Å². The maximum Gasteiger partial charge on any atom is 0.243 e.